The quantitative estimate of drug-likeness (QED) is 0.266. The van der Waals surface area contributed by atoms with Crippen molar-refractivity contribution in [3.63, 3.8) is 0 Å². The summed E-state index contributed by atoms with van der Waals surface area (Å²) in [4.78, 5) is 45.7. The first-order valence-corrected chi connectivity index (χ1v) is 16.6. The first kappa shape index (κ1) is 30.7. The van der Waals surface area contributed by atoms with E-state index in [0.717, 1.165) is 36.2 Å². The van der Waals surface area contributed by atoms with Crippen LogP contribution in [0, 0.1) is 23.2 Å². The number of rotatable bonds is 10. The number of nitrogens with two attached hydrogens (primary N) is 2. The van der Waals surface area contributed by atoms with Gasteiger partial charge in [-0.2, -0.15) is 0 Å². The zero-order valence-electron chi connectivity index (χ0n) is 25.7. The van der Waals surface area contributed by atoms with Gasteiger partial charge in [0, 0.05) is 19.6 Å². The van der Waals surface area contributed by atoms with Crippen LogP contribution in [0.15, 0.2) is 29.3 Å². The predicted octanol–water partition coefficient (Wildman–Crippen LogP) is 4.02. The van der Waals surface area contributed by atoms with Crippen LogP contribution in [0.5, 0.6) is 0 Å². The maximum atomic E-state index is 14.0. The van der Waals surface area contributed by atoms with E-state index in [2.05, 4.69) is 4.99 Å². The fraction of sp³-hybridized carbons (Fsp3) is 0.697. The molecule has 2 saturated heterocycles. The molecule has 1 aromatic rings. The number of hydrogen-bond donors (Lipinski definition) is 3. The maximum absolute atomic E-state index is 14.0. The highest BCUT2D eigenvalue weighted by Crippen LogP contribution is 2.61. The van der Waals surface area contributed by atoms with Crippen LogP contribution in [0.2, 0.25) is 0 Å². The first-order chi connectivity index (χ1) is 21.2. The van der Waals surface area contributed by atoms with E-state index in [-0.39, 0.29) is 11.9 Å². The van der Waals surface area contributed by atoms with E-state index >= 15 is 0 Å². The number of nitrogens with zero attached hydrogens (tertiary/aromatic N) is 4. The Morgan fingerprint density at radius 2 is 1.64 bits per heavy atom. The third kappa shape index (κ3) is 6.67. The van der Waals surface area contributed by atoms with Crippen molar-refractivity contribution in [1.29, 1.82) is 0 Å². The van der Waals surface area contributed by atoms with Gasteiger partial charge in [0.2, 0.25) is 0 Å². The Hall–Kier alpha value is -3.34. The molecule has 11 heteroatoms. The lowest BCUT2D eigenvalue weighted by atomic mass is 9.49. The molecule has 2 heterocycles. The number of carbonyl (C=O) groups is 3. The van der Waals surface area contributed by atoms with Crippen molar-refractivity contribution >= 4 is 29.6 Å². The van der Waals surface area contributed by atoms with Crippen LogP contribution >= 0.6 is 0 Å². The zero-order valence-corrected chi connectivity index (χ0v) is 25.7. The van der Waals surface area contributed by atoms with Gasteiger partial charge < -0.3 is 21.3 Å². The summed E-state index contributed by atoms with van der Waals surface area (Å²) in [5.41, 5.74) is 13.0. The van der Waals surface area contributed by atoms with Crippen molar-refractivity contribution in [3.05, 3.63) is 29.8 Å². The molecule has 6 aliphatic rings. The molecule has 1 aromatic carbocycles. The van der Waals surface area contributed by atoms with Crippen molar-refractivity contribution in [2.24, 2.45) is 39.6 Å². The van der Waals surface area contributed by atoms with Crippen LogP contribution < -0.4 is 11.5 Å². The molecule has 0 spiro atoms. The van der Waals surface area contributed by atoms with Gasteiger partial charge in [0.15, 0.2) is 5.96 Å². The fourth-order valence-electron chi connectivity index (χ4n) is 9.42. The van der Waals surface area contributed by atoms with Gasteiger partial charge >= 0.3 is 12.1 Å². The Labute approximate surface area is 259 Å². The number of carboxylic acid groups (broad SMARTS) is 1. The molecule has 44 heavy (non-hydrogen) atoms. The molecule has 2 amide bonds. The number of guanidine groups is 1. The molecule has 11 nitrogen and oxygen atoms in total. The van der Waals surface area contributed by atoms with E-state index < -0.39 is 24.1 Å². The number of carboxylic acids is 1. The number of aliphatic carboxylic acids is 1. The van der Waals surface area contributed by atoms with Crippen LogP contribution in [0.1, 0.15) is 82.6 Å². The van der Waals surface area contributed by atoms with Gasteiger partial charge in [-0.15, -0.1) is 0 Å². The number of hydrazine groups is 1. The molecule has 2 aliphatic heterocycles. The molecular weight excluding hydrogens is 560 g/mol. The molecule has 7 rings (SSSR count). The van der Waals surface area contributed by atoms with Crippen molar-refractivity contribution in [1.82, 2.24) is 14.9 Å². The Kier molecular flexibility index (Phi) is 9.03. The average molecular weight is 609 g/mol. The summed E-state index contributed by atoms with van der Waals surface area (Å²) in [7, 11) is 0. The van der Waals surface area contributed by atoms with E-state index in [1.807, 2.05) is 29.3 Å². The van der Waals surface area contributed by atoms with Gasteiger partial charge in [-0.25, -0.2) is 19.6 Å². The molecule has 6 fully saturated rings. The van der Waals surface area contributed by atoms with E-state index in [1.54, 1.807) is 4.90 Å². The van der Waals surface area contributed by atoms with Gasteiger partial charge in [0.25, 0.3) is 5.91 Å². The molecule has 4 bridgehead atoms. The Morgan fingerprint density at radius 1 is 1.00 bits per heavy atom. The summed E-state index contributed by atoms with van der Waals surface area (Å²) < 4.78 is 6.00. The van der Waals surface area contributed by atoms with E-state index in [1.165, 1.54) is 43.5 Å². The zero-order chi connectivity index (χ0) is 30.8. The largest absolute Gasteiger partial charge is 0.480 e. The minimum atomic E-state index is -1.00. The predicted molar refractivity (Wildman–Crippen MR) is 166 cm³/mol. The van der Waals surface area contributed by atoms with Crippen LogP contribution in [0.3, 0.4) is 0 Å². The normalized spacial score (nSPS) is 31.2. The average Bonchev–Trinajstić information content (AvgIpc) is 3.13. The maximum Gasteiger partial charge on any atom is 0.410 e. The number of hydrogen-bond acceptors (Lipinski definition) is 6. The van der Waals surface area contributed by atoms with Crippen molar-refractivity contribution in [2.75, 3.05) is 26.2 Å². The molecule has 4 aliphatic carbocycles. The second-order valence-corrected chi connectivity index (χ2v) is 14.1. The standard InChI is InChI=1S/C33H48N6O5/c34-31(35)36-26-9-7-22(8-10-26)4-1-14-38(27-5-2-12-37-13-3-6-28(30(41)42)39(37)29(27)40)32(43)44-15-11-33-19-23-16-24(20-33)18-25(17-23)21-33/h7-10,23-25,27-28H,1-6,11-21H2,(H,41,42)(H4,34,35,36)/t23?,24?,25?,27-,28-,33?/m0/s1. The number of carbonyl (C=O) groups excluding carboxylic acids is 2. The van der Waals surface area contributed by atoms with Gasteiger partial charge in [0.1, 0.15) is 12.1 Å². The summed E-state index contributed by atoms with van der Waals surface area (Å²) in [6.07, 6.45) is 11.9. The topological polar surface area (TPSA) is 155 Å². The molecule has 2 atom stereocenters. The Balaban J connectivity index is 1.14. The molecule has 5 N–H and O–H groups in total. The molecule has 0 radical (unpaired) electrons. The van der Waals surface area contributed by atoms with Gasteiger partial charge in [-0.1, -0.05) is 12.1 Å². The van der Waals surface area contributed by atoms with Crippen LogP contribution in [-0.4, -0.2) is 82.3 Å². The summed E-state index contributed by atoms with van der Waals surface area (Å²) in [5, 5.41) is 13.2. The van der Waals surface area contributed by atoms with Crippen molar-refractivity contribution in [3.8, 4) is 0 Å². The first-order valence-electron chi connectivity index (χ1n) is 16.6. The highest BCUT2D eigenvalue weighted by molar-refractivity contribution is 5.89. The number of aliphatic imine (C=N–C) groups is 1. The second kappa shape index (κ2) is 12.9. The Bertz CT molecular complexity index is 1210. The minimum Gasteiger partial charge on any atom is -0.480 e. The van der Waals surface area contributed by atoms with Crippen molar-refractivity contribution < 1.29 is 24.2 Å². The molecule has 240 valence electrons. The van der Waals surface area contributed by atoms with E-state index in [0.29, 0.717) is 69.4 Å². The minimum absolute atomic E-state index is 0.000530. The number of fused-ring (bicyclic) bond motifs is 1. The van der Waals surface area contributed by atoms with Crippen LogP contribution in [0.4, 0.5) is 10.5 Å². The molecule has 4 saturated carbocycles. The highest BCUT2D eigenvalue weighted by atomic mass is 16.6. The highest BCUT2D eigenvalue weighted by Gasteiger charge is 2.51. The van der Waals surface area contributed by atoms with E-state index in [9.17, 15) is 19.5 Å². The van der Waals surface area contributed by atoms with Gasteiger partial charge in [0.05, 0.1) is 12.3 Å². The van der Waals surface area contributed by atoms with Gasteiger partial charge in [-0.3, -0.25) is 14.7 Å². The lowest BCUT2D eigenvalue weighted by Gasteiger charge is -2.57. The second-order valence-electron chi connectivity index (χ2n) is 14.1. The SMILES string of the molecule is NC(N)=Nc1ccc(CCCN(C(=O)OCCC23CC4CC(CC(C4)C2)C3)[C@H]2CCCN3CCC[C@@H](C(=O)O)N3C2=O)cc1. The van der Waals surface area contributed by atoms with Gasteiger partial charge in [-0.05, 0) is 124 Å². The molecular formula is C33H48N6O5. The third-order valence-electron chi connectivity index (χ3n) is 10.9. The Morgan fingerprint density at radius 3 is 2.25 bits per heavy atom. The third-order valence-corrected chi connectivity index (χ3v) is 10.9. The van der Waals surface area contributed by atoms with E-state index in [4.69, 9.17) is 16.2 Å². The number of amides is 2. The number of benzene rings is 1. The summed E-state index contributed by atoms with van der Waals surface area (Å²) in [5.74, 6) is 1.19. The smallest absolute Gasteiger partial charge is 0.410 e. The molecule has 0 unspecified atom stereocenters. The summed E-state index contributed by atoms with van der Waals surface area (Å²) >= 11 is 0. The monoisotopic (exact) mass is 608 g/mol. The van der Waals surface area contributed by atoms with Crippen LogP contribution in [0.25, 0.3) is 0 Å². The summed E-state index contributed by atoms with van der Waals surface area (Å²) in [6.45, 7) is 1.95. The van der Waals surface area contributed by atoms with Crippen LogP contribution in [-0.2, 0) is 20.7 Å². The summed E-state index contributed by atoms with van der Waals surface area (Å²) in [6, 6.07) is 5.94. The number of ether oxygens (including phenoxy) is 1. The lowest BCUT2D eigenvalue weighted by molar-refractivity contribution is -0.175. The lowest BCUT2D eigenvalue weighted by Crippen LogP contribution is -2.61. The molecule has 0 aromatic heterocycles. The fourth-order valence-corrected chi connectivity index (χ4v) is 9.42. The number of aryl methyl sites for hydroxylation is 1. The van der Waals surface area contributed by atoms with Crippen molar-refractivity contribution in [2.45, 2.75) is 95.6 Å².